The molecule has 1 aliphatic rings. The van der Waals surface area contributed by atoms with E-state index in [1.54, 1.807) is 12.1 Å². The van der Waals surface area contributed by atoms with Gasteiger partial charge in [0, 0.05) is 18.3 Å². The van der Waals surface area contributed by atoms with Crippen molar-refractivity contribution in [1.82, 2.24) is 9.88 Å². The number of nitriles is 1. The maximum Gasteiger partial charge on any atom is 0.272 e. The molecule has 2 unspecified atom stereocenters. The van der Waals surface area contributed by atoms with Crippen molar-refractivity contribution in [3.8, 4) is 6.07 Å². The third-order valence-electron chi connectivity index (χ3n) is 3.60. The third kappa shape index (κ3) is 2.21. The highest BCUT2D eigenvalue weighted by Gasteiger charge is 2.33. The highest BCUT2D eigenvalue weighted by atomic mass is 16.2. The molecule has 1 amide bonds. The van der Waals surface area contributed by atoms with Gasteiger partial charge in [0.05, 0.1) is 5.56 Å². The smallest absolute Gasteiger partial charge is 0.272 e. The van der Waals surface area contributed by atoms with Gasteiger partial charge < -0.3 is 4.90 Å². The minimum absolute atomic E-state index is 0.0173. The molecule has 4 heteroatoms. The molecule has 2 heterocycles. The first-order valence-electron chi connectivity index (χ1n) is 6.36. The number of carbonyl (C=O) groups is 1. The van der Waals surface area contributed by atoms with E-state index in [1.165, 1.54) is 6.20 Å². The molecule has 94 valence electrons. The van der Waals surface area contributed by atoms with Crippen molar-refractivity contribution >= 4 is 5.91 Å². The van der Waals surface area contributed by atoms with E-state index < -0.39 is 0 Å². The Labute approximate surface area is 107 Å². The van der Waals surface area contributed by atoms with Crippen molar-refractivity contribution in [3.63, 3.8) is 0 Å². The lowest BCUT2D eigenvalue weighted by atomic mass is 10.1. The van der Waals surface area contributed by atoms with Gasteiger partial charge in [0.25, 0.3) is 5.91 Å². The van der Waals surface area contributed by atoms with Crippen LogP contribution >= 0.6 is 0 Å². The van der Waals surface area contributed by atoms with Gasteiger partial charge >= 0.3 is 0 Å². The molecule has 0 radical (unpaired) electrons. The monoisotopic (exact) mass is 243 g/mol. The van der Waals surface area contributed by atoms with Crippen molar-refractivity contribution in [2.24, 2.45) is 0 Å². The van der Waals surface area contributed by atoms with E-state index in [9.17, 15) is 4.79 Å². The lowest BCUT2D eigenvalue weighted by Crippen LogP contribution is -2.40. The molecule has 0 bridgehead atoms. The molecule has 2 rings (SSSR count). The normalized spacial score (nSPS) is 22.8. The van der Waals surface area contributed by atoms with E-state index >= 15 is 0 Å². The van der Waals surface area contributed by atoms with Crippen LogP contribution in [0.25, 0.3) is 0 Å². The molecular formula is C14H17N3O. The molecular weight excluding hydrogens is 226 g/mol. The summed E-state index contributed by atoms with van der Waals surface area (Å²) in [6, 6.07) is 5.88. The summed E-state index contributed by atoms with van der Waals surface area (Å²) in [6.07, 6.45) is 4.56. The topological polar surface area (TPSA) is 57.0 Å². The second-order valence-corrected chi connectivity index (χ2v) is 4.74. The van der Waals surface area contributed by atoms with Crippen molar-refractivity contribution in [3.05, 3.63) is 29.6 Å². The summed E-state index contributed by atoms with van der Waals surface area (Å²) in [5.41, 5.74) is 0.911. The lowest BCUT2D eigenvalue weighted by molar-refractivity contribution is 0.0670. The summed E-state index contributed by atoms with van der Waals surface area (Å²) in [7, 11) is 0. The van der Waals surface area contributed by atoms with Crippen LogP contribution in [0.3, 0.4) is 0 Å². The van der Waals surface area contributed by atoms with Gasteiger partial charge in [-0.3, -0.25) is 4.79 Å². The van der Waals surface area contributed by atoms with E-state index in [1.807, 2.05) is 11.0 Å². The van der Waals surface area contributed by atoms with Crippen LogP contribution in [-0.2, 0) is 0 Å². The zero-order chi connectivity index (χ0) is 13.1. The van der Waals surface area contributed by atoms with Crippen LogP contribution in [0.4, 0.5) is 0 Å². The van der Waals surface area contributed by atoms with E-state index in [4.69, 9.17) is 5.26 Å². The quantitative estimate of drug-likeness (QED) is 0.801. The number of hydrogen-bond donors (Lipinski definition) is 0. The number of pyridine rings is 1. The third-order valence-corrected chi connectivity index (χ3v) is 3.60. The van der Waals surface area contributed by atoms with Crippen LogP contribution in [0.1, 0.15) is 49.2 Å². The highest BCUT2D eigenvalue weighted by molar-refractivity contribution is 5.93. The number of rotatable bonds is 2. The first-order valence-corrected chi connectivity index (χ1v) is 6.36. The summed E-state index contributed by atoms with van der Waals surface area (Å²) < 4.78 is 0. The Balaban J connectivity index is 2.22. The van der Waals surface area contributed by atoms with E-state index in [2.05, 4.69) is 18.8 Å². The molecule has 2 atom stereocenters. The lowest BCUT2D eigenvalue weighted by Gasteiger charge is -2.27. The molecule has 0 saturated carbocycles. The van der Waals surface area contributed by atoms with Crippen LogP contribution in [-0.4, -0.2) is 27.9 Å². The van der Waals surface area contributed by atoms with Gasteiger partial charge in [0.1, 0.15) is 11.8 Å². The summed E-state index contributed by atoms with van der Waals surface area (Å²) in [4.78, 5) is 18.4. The molecule has 4 nitrogen and oxygen atoms in total. The second kappa shape index (κ2) is 5.18. The maximum atomic E-state index is 12.4. The summed E-state index contributed by atoms with van der Waals surface area (Å²) in [5, 5.41) is 8.72. The SMILES string of the molecule is CCC1CCC(C)N1C(=O)c1ccc(C#N)cn1. The molecule has 1 aliphatic heterocycles. The first kappa shape index (κ1) is 12.6. The Hall–Kier alpha value is -1.89. The average molecular weight is 243 g/mol. The Morgan fingerprint density at radius 3 is 2.89 bits per heavy atom. The molecule has 0 N–H and O–H groups in total. The summed E-state index contributed by atoms with van der Waals surface area (Å²) in [6.45, 7) is 4.19. The standard InChI is InChI=1S/C14H17N3O/c1-3-12-6-4-10(2)17(12)14(18)13-7-5-11(8-15)9-16-13/h5,7,9-10,12H,3-4,6H2,1-2H3. The van der Waals surface area contributed by atoms with Gasteiger partial charge in [0.15, 0.2) is 0 Å². The van der Waals surface area contributed by atoms with Crippen LogP contribution in [0, 0.1) is 11.3 Å². The van der Waals surface area contributed by atoms with E-state index in [-0.39, 0.29) is 11.9 Å². The minimum Gasteiger partial charge on any atom is -0.332 e. The second-order valence-electron chi connectivity index (χ2n) is 4.74. The first-order chi connectivity index (χ1) is 8.67. The Kier molecular flexibility index (Phi) is 3.61. The van der Waals surface area contributed by atoms with Gasteiger partial charge in [-0.2, -0.15) is 5.26 Å². The maximum absolute atomic E-state index is 12.4. The molecule has 1 saturated heterocycles. The molecule has 1 fully saturated rings. The van der Waals surface area contributed by atoms with Crippen LogP contribution in [0.15, 0.2) is 18.3 Å². The predicted molar refractivity (Wildman–Crippen MR) is 67.9 cm³/mol. The summed E-state index contributed by atoms with van der Waals surface area (Å²) >= 11 is 0. The summed E-state index contributed by atoms with van der Waals surface area (Å²) in [5.74, 6) is -0.0173. The Bertz CT molecular complexity index is 475. The Morgan fingerprint density at radius 1 is 1.56 bits per heavy atom. The highest BCUT2D eigenvalue weighted by Crippen LogP contribution is 2.27. The van der Waals surface area contributed by atoms with E-state index in [0.717, 1.165) is 19.3 Å². The largest absolute Gasteiger partial charge is 0.332 e. The molecule has 18 heavy (non-hydrogen) atoms. The van der Waals surface area contributed by atoms with Crippen molar-refractivity contribution in [2.45, 2.75) is 45.2 Å². The fraction of sp³-hybridized carbons (Fsp3) is 0.500. The number of carbonyl (C=O) groups excluding carboxylic acids is 1. The number of aromatic nitrogens is 1. The van der Waals surface area contributed by atoms with Crippen molar-refractivity contribution in [2.75, 3.05) is 0 Å². The number of hydrogen-bond acceptors (Lipinski definition) is 3. The minimum atomic E-state index is -0.0173. The number of amides is 1. The molecule has 0 aliphatic carbocycles. The number of nitrogens with zero attached hydrogens (tertiary/aromatic N) is 3. The fourth-order valence-corrected chi connectivity index (χ4v) is 2.56. The van der Waals surface area contributed by atoms with Gasteiger partial charge in [-0.1, -0.05) is 6.92 Å². The van der Waals surface area contributed by atoms with Gasteiger partial charge in [-0.15, -0.1) is 0 Å². The van der Waals surface area contributed by atoms with Gasteiger partial charge in [-0.25, -0.2) is 4.98 Å². The fourth-order valence-electron chi connectivity index (χ4n) is 2.56. The predicted octanol–water partition coefficient (Wildman–Crippen LogP) is 2.36. The molecule has 1 aromatic heterocycles. The van der Waals surface area contributed by atoms with Crippen LogP contribution in [0.5, 0.6) is 0 Å². The van der Waals surface area contributed by atoms with Crippen molar-refractivity contribution < 1.29 is 4.79 Å². The zero-order valence-corrected chi connectivity index (χ0v) is 10.8. The Morgan fingerprint density at radius 2 is 2.33 bits per heavy atom. The van der Waals surface area contributed by atoms with Gasteiger partial charge in [0.2, 0.25) is 0 Å². The van der Waals surface area contributed by atoms with Gasteiger partial charge in [-0.05, 0) is 38.3 Å². The van der Waals surface area contributed by atoms with Crippen LogP contribution in [0.2, 0.25) is 0 Å². The zero-order valence-electron chi connectivity index (χ0n) is 10.8. The number of likely N-dealkylation sites (tertiary alicyclic amines) is 1. The average Bonchev–Trinajstić information content (AvgIpc) is 2.79. The van der Waals surface area contributed by atoms with E-state index in [0.29, 0.717) is 17.3 Å². The molecule has 0 aromatic carbocycles. The van der Waals surface area contributed by atoms with Crippen molar-refractivity contribution in [1.29, 1.82) is 5.26 Å². The van der Waals surface area contributed by atoms with Crippen LogP contribution < -0.4 is 0 Å². The molecule has 0 spiro atoms. The molecule has 1 aromatic rings.